The lowest BCUT2D eigenvalue weighted by atomic mass is 10.2. The van der Waals surface area contributed by atoms with Crippen molar-refractivity contribution in [1.29, 1.82) is 0 Å². The Hall–Kier alpha value is -2.91. The van der Waals surface area contributed by atoms with Crippen LogP contribution >= 0.6 is 23.1 Å². The molecular formula is C22H25N5O2S2. The molecule has 7 nitrogen and oxygen atoms in total. The molecule has 0 fully saturated rings. The first-order valence-corrected chi connectivity index (χ1v) is 11.4. The molecule has 0 unspecified atom stereocenters. The van der Waals surface area contributed by atoms with Crippen LogP contribution in [-0.4, -0.2) is 45.8 Å². The van der Waals surface area contributed by atoms with E-state index in [1.54, 1.807) is 14.0 Å². The molecule has 0 radical (unpaired) electrons. The zero-order valence-corrected chi connectivity index (χ0v) is 19.5. The lowest BCUT2D eigenvalue weighted by molar-refractivity contribution is -0.132. The molecule has 1 atom stereocenters. The topological polar surface area (TPSA) is 87.2 Å². The first-order chi connectivity index (χ1) is 14.8. The van der Waals surface area contributed by atoms with E-state index in [4.69, 9.17) is 0 Å². The molecule has 3 aromatic rings. The van der Waals surface area contributed by atoms with Crippen LogP contribution in [0.1, 0.15) is 18.1 Å². The van der Waals surface area contributed by atoms with Crippen molar-refractivity contribution in [2.75, 3.05) is 24.2 Å². The minimum atomic E-state index is -0.391. The van der Waals surface area contributed by atoms with Crippen LogP contribution in [0.3, 0.4) is 0 Å². The fraction of sp³-hybridized carbons (Fsp3) is 0.273. The second-order valence-corrected chi connectivity index (χ2v) is 9.80. The largest absolute Gasteiger partial charge is 0.335 e. The molecule has 0 aliphatic heterocycles. The highest BCUT2D eigenvalue weighted by Crippen LogP contribution is 2.31. The van der Waals surface area contributed by atoms with Gasteiger partial charge in [-0.05, 0) is 45.0 Å². The van der Waals surface area contributed by atoms with E-state index < -0.39 is 5.25 Å². The Morgan fingerprint density at radius 2 is 1.58 bits per heavy atom. The quantitative estimate of drug-likeness (QED) is 0.487. The Balaban J connectivity index is 1.50. The molecule has 1 aromatic heterocycles. The summed E-state index contributed by atoms with van der Waals surface area (Å²) in [6.45, 7) is 5.80. The van der Waals surface area contributed by atoms with Gasteiger partial charge in [0.2, 0.25) is 16.9 Å². The van der Waals surface area contributed by atoms with E-state index in [0.717, 1.165) is 11.3 Å². The second-order valence-electron chi connectivity index (χ2n) is 7.23. The smallest absolute Gasteiger partial charge is 0.243 e. The van der Waals surface area contributed by atoms with Crippen LogP contribution in [0.2, 0.25) is 0 Å². The normalized spacial score (nSPS) is 11.6. The summed E-state index contributed by atoms with van der Waals surface area (Å²) < 4.78 is 0.688. The fourth-order valence-electron chi connectivity index (χ4n) is 2.71. The van der Waals surface area contributed by atoms with Crippen LogP contribution in [-0.2, 0) is 9.59 Å². The number of benzene rings is 2. The van der Waals surface area contributed by atoms with E-state index in [0.29, 0.717) is 15.2 Å². The Morgan fingerprint density at radius 1 is 1.00 bits per heavy atom. The summed E-state index contributed by atoms with van der Waals surface area (Å²) in [5.74, 6) is -0.385. The number of anilines is 3. The number of aromatic nitrogens is 2. The monoisotopic (exact) mass is 455 g/mol. The van der Waals surface area contributed by atoms with E-state index in [-0.39, 0.29) is 18.4 Å². The SMILES string of the molecule is Cc1ccc(NC(=O)CN(C)C(=O)[C@@H](C)Sc2nnc(Nc3ccc(C)cc3)s2)cc1. The highest BCUT2D eigenvalue weighted by Gasteiger charge is 2.22. The number of hydrogen-bond acceptors (Lipinski definition) is 7. The zero-order valence-electron chi connectivity index (χ0n) is 17.9. The minimum Gasteiger partial charge on any atom is -0.335 e. The predicted octanol–water partition coefficient (Wildman–Crippen LogP) is 4.48. The number of nitrogens with zero attached hydrogens (tertiary/aromatic N) is 3. The predicted molar refractivity (Wildman–Crippen MR) is 127 cm³/mol. The lowest BCUT2D eigenvalue weighted by Crippen LogP contribution is -2.38. The van der Waals surface area contributed by atoms with E-state index in [1.807, 2.05) is 62.4 Å². The van der Waals surface area contributed by atoms with Crippen LogP contribution in [0.4, 0.5) is 16.5 Å². The first kappa shape index (κ1) is 22.8. The van der Waals surface area contributed by atoms with Gasteiger partial charge in [-0.15, -0.1) is 10.2 Å². The Labute approximate surface area is 190 Å². The van der Waals surface area contributed by atoms with Crippen molar-refractivity contribution in [3.63, 3.8) is 0 Å². The molecule has 2 N–H and O–H groups in total. The molecule has 3 rings (SSSR count). The van der Waals surface area contributed by atoms with E-state index in [2.05, 4.69) is 20.8 Å². The van der Waals surface area contributed by atoms with Crippen LogP contribution in [0, 0.1) is 13.8 Å². The molecule has 162 valence electrons. The van der Waals surface area contributed by atoms with Gasteiger partial charge in [0.15, 0.2) is 4.34 Å². The number of rotatable bonds is 8. The molecule has 0 saturated carbocycles. The summed E-state index contributed by atoms with van der Waals surface area (Å²) >= 11 is 2.71. The zero-order chi connectivity index (χ0) is 22.4. The molecular weight excluding hydrogens is 430 g/mol. The highest BCUT2D eigenvalue weighted by molar-refractivity contribution is 8.02. The van der Waals surface area contributed by atoms with Crippen molar-refractivity contribution in [2.24, 2.45) is 0 Å². The Kier molecular flexibility index (Phi) is 7.64. The third-order valence-electron chi connectivity index (χ3n) is 4.43. The average Bonchev–Trinajstić information content (AvgIpc) is 3.17. The van der Waals surface area contributed by atoms with Gasteiger partial charge in [-0.25, -0.2) is 0 Å². The molecule has 1 heterocycles. The van der Waals surface area contributed by atoms with Crippen molar-refractivity contribution >= 4 is 51.4 Å². The van der Waals surface area contributed by atoms with E-state index in [1.165, 1.54) is 33.6 Å². The van der Waals surface area contributed by atoms with Crippen LogP contribution in [0.5, 0.6) is 0 Å². The lowest BCUT2D eigenvalue weighted by Gasteiger charge is -2.20. The van der Waals surface area contributed by atoms with Gasteiger partial charge in [0.25, 0.3) is 0 Å². The van der Waals surface area contributed by atoms with Crippen LogP contribution in [0.25, 0.3) is 0 Å². The van der Waals surface area contributed by atoms with E-state index >= 15 is 0 Å². The summed E-state index contributed by atoms with van der Waals surface area (Å²) in [4.78, 5) is 26.4. The van der Waals surface area contributed by atoms with E-state index in [9.17, 15) is 9.59 Å². The van der Waals surface area contributed by atoms with Crippen molar-refractivity contribution in [1.82, 2.24) is 15.1 Å². The summed E-state index contributed by atoms with van der Waals surface area (Å²) in [5.41, 5.74) is 3.94. The number of hydrogen-bond donors (Lipinski definition) is 2. The number of nitrogens with one attached hydrogen (secondary N) is 2. The first-order valence-electron chi connectivity index (χ1n) is 9.75. The number of aryl methyl sites for hydroxylation is 2. The Bertz CT molecular complexity index is 1030. The highest BCUT2D eigenvalue weighted by atomic mass is 32.2. The standard InChI is InChI=1S/C22H25N5O2S2/c1-14-5-9-17(10-6-14)23-19(28)13-27(4)20(29)16(3)30-22-26-25-21(31-22)24-18-11-7-15(2)8-12-18/h5-12,16H,13H2,1-4H3,(H,23,28)(H,24,25)/t16-/m1/s1. The summed E-state index contributed by atoms with van der Waals surface area (Å²) in [7, 11) is 1.62. The number of carbonyl (C=O) groups is 2. The fourth-order valence-corrected chi connectivity index (χ4v) is 4.74. The van der Waals surface area contributed by atoms with Crippen molar-refractivity contribution in [2.45, 2.75) is 30.4 Å². The molecule has 0 aliphatic rings. The number of amides is 2. The molecule has 2 amide bonds. The van der Waals surface area contributed by atoms with Crippen LogP contribution in [0.15, 0.2) is 52.9 Å². The number of thioether (sulfide) groups is 1. The Morgan fingerprint density at radius 3 is 2.19 bits per heavy atom. The maximum absolute atomic E-state index is 12.7. The molecule has 0 aliphatic carbocycles. The molecule has 0 spiro atoms. The van der Waals surface area contributed by atoms with Gasteiger partial charge in [0.05, 0.1) is 11.8 Å². The van der Waals surface area contributed by atoms with Crippen LogP contribution < -0.4 is 10.6 Å². The van der Waals surface area contributed by atoms with Gasteiger partial charge in [-0.3, -0.25) is 9.59 Å². The average molecular weight is 456 g/mol. The number of carbonyl (C=O) groups excluding carboxylic acids is 2. The third-order valence-corrected chi connectivity index (χ3v) is 6.44. The van der Waals surface area contributed by atoms with Crippen molar-refractivity contribution in [3.05, 3.63) is 59.7 Å². The molecule has 9 heteroatoms. The summed E-state index contributed by atoms with van der Waals surface area (Å²) in [6, 6.07) is 15.5. The third kappa shape index (κ3) is 6.80. The maximum Gasteiger partial charge on any atom is 0.243 e. The van der Waals surface area contributed by atoms with Gasteiger partial charge in [-0.1, -0.05) is 58.5 Å². The van der Waals surface area contributed by atoms with Gasteiger partial charge < -0.3 is 15.5 Å². The van der Waals surface area contributed by atoms with Gasteiger partial charge in [-0.2, -0.15) is 0 Å². The van der Waals surface area contributed by atoms with Crippen molar-refractivity contribution in [3.8, 4) is 0 Å². The second kappa shape index (κ2) is 10.4. The molecule has 31 heavy (non-hydrogen) atoms. The summed E-state index contributed by atoms with van der Waals surface area (Å²) in [5, 5.41) is 14.6. The molecule has 0 saturated heterocycles. The van der Waals surface area contributed by atoms with Crippen molar-refractivity contribution < 1.29 is 9.59 Å². The van der Waals surface area contributed by atoms with Gasteiger partial charge >= 0.3 is 0 Å². The molecule has 2 aromatic carbocycles. The van der Waals surface area contributed by atoms with Gasteiger partial charge in [0, 0.05) is 18.4 Å². The maximum atomic E-state index is 12.7. The summed E-state index contributed by atoms with van der Waals surface area (Å²) in [6.07, 6.45) is 0. The van der Waals surface area contributed by atoms with Gasteiger partial charge in [0.1, 0.15) is 0 Å². The minimum absolute atomic E-state index is 0.0199. The molecule has 0 bridgehead atoms. The number of likely N-dealkylation sites (N-methyl/N-ethyl adjacent to an activating group) is 1.